The zero-order valence-corrected chi connectivity index (χ0v) is 16.0. The van der Waals surface area contributed by atoms with Gasteiger partial charge in [-0.25, -0.2) is 9.78 Å². The molecule has 8 nitrogen and oxygen atoms in total. The van der Waals surface area contributed by atoms with Crippen molar-refractivity contribution < 1.29 is 13.9 Å². The first-order valence-corrected chi connectivity index (χ1v) is 9.58. The van der Waals surface area contributed by atoms with E-state index in [9.17, 15) is 14.4 Å². The first-order valence-electron chi connectivity index (χ1n) is 9.58. The SMILES string of the molecule is Cc1nc2c(c(=O)[nH]1)CCN(C(=O)c1c(C)cc(C3CCCO3)oc1=O)CC2. The topological polar surface area (TPSA) is 106 Å². The van der Waals surface area contributed by atoms with Crippen molar-refractivity contribution in [3.05, 3.63) is 60.8 Å². The molecule has 0 aliphatic carbocycles. The number of hydrogen-bond acceptors (Lipinski definition) is 6. The van der Waals surface area contributed by atoms with Crippen molar-refractivity contribution in [2.75, 3.05) is 19.7 Å². The maximum Gasteiger partial charge on any atom is 0.349 e. The molecule has 2 aliphatic rings. The minimum Gasteiger partial charge on any atom is -0.424 e. The maximum atomic E-state index is 13.1. The Hall–Kier alpha value is -2.74. The van der Waals surface area contributed by atoms with Gasteiger partial charge in [0.15, 0.2) is 0 Å². The summed E-state index contributed by atoms with van der Waals surface area (Å²) in [7, 11) is 0. The van der Waals surface area contributed by atoms with Gasteiger partial charge in [-0.3, -0.25) is 9.59 Å². The molecule has 2 aromatic rings. The van der Waals surface area contributed by atoms with Gasteiger partial charge in [-0.05, 0) is 44.7 Å². The Morgan fingerprint density at radius 2 is 2.04 bits per heavy atom. The molecule has 0 spiro atoms. The first-order chi connectivity index (χ1) is 13.4. The Labute approximate surface area is 161 Å². The first kappa shape index (κ1) is 18.6. The molecular weight excluding hydrogens is 362 g/mol. The van der Waals surface area contributed by atoms with Crippen LogP contribution in [-0.2, 0) is 17.6 Å². The Balaban J connectivity index is 1.59. The number of carbonyl (C=O) groups is 1. The quantitative estimate of drug-likeness (QED) is 0.838. The fourth-order valence-electron chi connectivity index (χ4n) is 3.94. The highest BCUT2D eigenvalue weighted by Crippen LogP contribution is 2.28. The number of carbonyl (C=O) groups excluding carboxylic acids is 1. The number of aromatic amines is 1. The number of aryl methyl sites for hydroxylation is 2. The molecule has 1 saturated heterocycles. The summed E-state index contributed by atoms with van der Waals surface area (Å²) in [4.78, 5) is 46.5. The molecule has 1 amide bonds. The highest BCUT2D eigenvalue weighted by molar-refractivity contribution is 5.95. The van der Waals surface area contributed by atoms with Gasteiger partial charge in [0.25, 0.3) is 11.5 Å². The second-order valence-corrected chi connectivity index (χ2v) is 7.36. The lowest BCUT2D eigenvalue weighted by molar-refractivity contribution is 0.0747. The third kappa shape index (κ3) is 3.40. The summed E-state index contributed by atoms with van der Waals surface area (Å²) >= 11 is 0. The highest BCUT2D eigenvalue weighted by Gasteiger charge is 2.28. The highest BCUT2D eigenvalue weighted by atomic mass is 16.5. The molecule has 2 aliphatic heterocycles. The zero-order valence-electron chi connectivity index (χ0n) is 16.0. The van der Waals surface area contributed by atoms with E-state index in [4.69, 9.17) is 9.15 Å². The molecule has 1 N–H and O–H groups in total. The molecular formula is C20H23N3O5. The van der Waals surface area contributed by atoms with Crippen LogP contribution in [0.25, 0.3) is 0 Å². The van der Waals surface area contributed by atoms with Crippen LogP contribution in [0.5, 0.6) is 0 Å². The molecule has 28 heavy (non-hydrogen) atoms. The van der Waals surface area contributed by atoms with Crippen molar-refractivity contribution in [2.24, 2.45) is 0 Å². The molecule has 0 aromatic carbocycles. The third-order valence-electron chi connectivity index (χ3n) is 5.39. The van der Waals surface area contributed by atoms with E-state index in [1.807, 2.05) is 0 Å². The van der Waals surface area contributed by atoms with Gasteiger partial charge in [0.1, 0.15) is 23.3 Å². The number of nitrogens with zero attached hydrogens (tertiary/aromatic N) is 2. The third-order valence-corrected chi connectivity index (χ3v) is 5.39. The summed E-state index contributed by atoms with van der Waals surface area (Å²) in [5.41, 5.74) is 1.16. The molecule has 1 fully saturated rings. The van der Waals surface area contributed by atoms with Crippen LogP contribution in [0.15, 0.2) is 20.1 Å². The molecule has 4 rings (SSSR count). The van der Waals surface area contributed by atoms with Gasteiger partial charge in [0.05, 0.1) is 5.69 Å². The number of ether oxygens (including phenoxy) is 1. The average Bonchev–Trinajstić information content (AvgIpc) is 3.08. The second-order valence-electron chi connectivity index (χ2n) is 7.36. The van der Waals surface area contributed by atoms with Gasteiger partial charge in [-0.15, -0.1) is 0 Å². The van der Waals surface area contributed by atoms with E-state index in [2.05, 4.69) is 9.97 Å². The van der Waals surface area contributed by atoms with E-state index in [1.165, 1.54) is 0 Å². The summed E-state index contributed by atoms with van der Waals surface area (Å²) < 4.78 is 11.0. The van der Waals surface area contributed by atoms with Gasteiger partial charge in [-0.1, -0.05) is 0 Å². The number of aromatic nitrogens is 2. The minimum atomic E-state index is -0.635. The van der Waals surface area contributed by atoms with Crippen LogP contribution in [0.2, 0.25) is 0 Å². The minimum absolute atomic E-state index is 0.0470. The summed E-state index contributed by atoms with van der Waals surface area (Å²) in [5, 5.41) is 0. The Kier molecular flexibility index (Phi) is 4.89. The number of rotatable bonds is 2. The van der Waals surface area contributed by atoms with E-state index >= 15 is 0 Å². The molecule has 0 bridgehead atoms. The van der Waals surface area contributed by atoms with Gasteiger partial charge < -0.3 is 19.0 Å². The van der Waals surface area contributed by atoms with Crippen LogP contribution < -0.4 is 11.2 Å². The van der Waals surface area contributed by atoms with Crippen LogP contribution in [0.3, 0.4) is 0 Å². The van der Waals surface area contributed by atoms with Gasteiger partial charge in [-0.2, -0.15) is 0 Å². The average molecular weight is 385 g/mol. The van der Waals surface area contributed by atoms with Crippen molar-refractivity contribution in [1.29, 1.82) is 0 Å². The van der Waals surface area contributed by atoms with Crippen molar-refractivity contribution in [2.45, 2.75) is 45.6 Å². The second kappa shape index (κ2) is 7.35. The fourth-order valence-corrected chi connectivity index (χ4v) is 3.94. The predicted octanol–water partition coefficient (Wildman–Crippen LogP) is 1.43. The van der Waals surface area contributed by atoms with Gasteiger partial charge in [0.2, 0.25) is 0 Å². The Morgan fingerprint density at radius 3 is 2.75 bits per heavy atom. The monoisotopic (exact) mass is 385 g/mol. The van der Waals surface area contributed by atoms with Gasteiger partial charge >= 0.3 is 5.63 Å². The zero-order chi connectivity index (χ0) is 19.8. The summed E-state index contributed by atoms with van der Waals surface area (Å²) in [6.07, 6.45) is 2.40. The van der Waals surface area contributed by atoms with Crippen molar-refractivity contribution in [3.63, 3.8) is 0 Å². The van der Waals surface area contributed by atoms with Crippen LogP contribution >= 0.6 is 0 Å². The van der Waals surface area contributed by atoms with Crippen LogP contribution in [-0.4, -0.2) is 40.5 Å². The normalized spacial score (nSPS) is 19.4. The molecule has 8 heteroatoms. The van der Waals surface area contributed by atoms with E-state index < -0.39 is 5.63 Å². The fraction of sp³-hybridized carbons (Fsp3) is 0.500. The van der Waals surface area contributed by atoms with Gasteiger partial charge in [0, 0.05) is 31.7 Å². The van der Waals surface area contributed by atoms with E-state index in [1.54, 1.807) is 24.8 Å². The molecule has 2 aromatic heterocycles. The number of hydrogen-bond donors (Lipinski definition) is 1. The molecule has 0 radical (unpaired) electrons. The lowest BCUT2D eigenvalue weighted by Gasteiger charge is -2.20. The number of fused-ring (bicyclic) bond motifs is 1. The summed E-state index contributed by atoms with van der Waals surface area (Å²) in [6.45, 7) is 4.87. The van der Waals surface area contributed by atoms with E-state index in [-0.39, 0.29) is 23.1 Å². The summed E-state index contributed by atoms with van der Waals surface area (Å²) in [5.74, 6) is 0.668. The lowest BCUT2D eigenvalue weighted by atomic mass is 10.1. The lowest BCUT2D eigenvalue weighted by Crippen LogP contribution is -2.37. The molecule has 0 saturated carbocycles. The largest absolute Gasteiger partial charge is 0.424 e. The Bertz CT molecular complexity index is 1030. The molecule has 1 atom stereocenters. The standard InChI is InChI=1S/C20H23N3O5/c1-11-10-16(15-4-3-9-27-15)28-20(26)17(11)19(25)23-7-5-13-14(6-8-23)21-12(2)22-18(13)24/h10,15H,3-9H2,1-2H3,(H,21,22,24). The van der Waals surface area contributed by atoms with Crippen LogP contribution in [0.4, 0.5) is 0 Å². The maximum absolute atomic E-state index is 13.1. The van der Waals surface area contributed by atoms with E-state index in [0.717, 1.165) is 12.8 Å². The Morgan fingerprint density at radius 1 is 1.25 bits per heavy atom. The molecule has 148 valence electrons. The van der Waals surface area contributed by atoms with Crippen LogP contribution in [0, 0.1) is 13.8 Å². The number of amides is 1. The van der Waals surface area contributed by atoms with E-state index in [0.29, 0.717) is 60.9 Å². The smallest absolute Gasteiger partial charge is 0.349 e. The number of H-pyrrole nitrogens is 1. The molecule has 1 unspecified atom stereocenters. The summed E-state index contributed by atoms with van der Waals surface area (Å²) in [6, 6.07) is 1.73. The number of nitrogens with one attached hydrogen (secondary N) is 1. The predicted molar refractivity (Wildman–Crippen MR) is 101 cm³/mol. The van der Waals surface area contributed by atoms with Crippen molar-refractivity contribution in [3.8, 4) is 0 Å². The molecule has 4 heterocycles. The van der Waals surface area contributed by atoms with Crippen molar-refractivity contribution >= 4 is 5.91 Å². The van der Waals surface area contributed by atoms with Crippen molar-refractivity contribution in [1.82, 2.24) is 14.9 Å². The van der Waals surface area contributed by atoms with Crippen LogP contribution in [0.1, 0.15) is 57.7 Å².